The summed E-state index contributed by atoms with van der Waals surface area (Å²) >= 11 is 3.42. The summed E-state index contributed by atoms with van der Waals surface area (Å²) in [5, 5.41) is 2.76. The molecule has 0 aliphatic carbocycles. The van der Waals surface area contributed by atoms with Gasteiger partial charge in [-0.25, -0.2) is 4.98 Å². The molecule has 0 unspecified atom stereocenters. The number of amides is 1. The van der Waals surface area contributed by atoms with Gasteiger partial charge in [0.25, 0.3) is 5.91 Å². The largest absolute Gasteiger partial charge is 0.397 e. The van der Waals surface area contributed by atoms with Crippen molar-refractivity contribution in [3.63, 3.8) is 0 Å². The van der Waals surface area contributed by atoms with E-state index in [9.17, 15) is 4.79 Å². The Morgan fingerprint density at radius 1 is 1.32 bits per heavy atom. The fourth-order valence-electron chi connectivity index (χ4n) is 1.64. The summed E-state index contributed by atoms with van der Waals surface area (Å²) in [6.07, 6.45) is 1.54. The van der Waals surface area contributed by atoms with E-state index in [0.29, 0.717) is 17.1 Å². The summed E-state index contributed by atoms with van der Waals surface area (Å²) in [6.45, 7) is 3.81. The average molecular weight is 320 g/mol. The van der Waals surface area contributed by atoms with E-state index in [1.54, 1.807) is 12.1 Å². The molecule has 0 saturated carbocycles. The number of nitrogens with one attached hydrogen (secondary N) is 1. The Kier molecular flexibility index (Phi) is 3.85. The standard InChI is InChI=1S/C14H14BrN3O/c1-8-4-3-5-10(13(8)15)14(19)18-12-6-9(2)11(16)7-17-12/h3-7H,16H2,1-2H3,(H,17,18,19). The van der Waals surface area contributed by atoms with Crippen LogP contribution in [0.3, 0.4) is 0 Å². The average Bonchev–Trinajstić information content (AvgIpc) is 2.37. The van der Waals surface area contributed by atoms with Crippen molar-refractivity contribution < 1.29 is 4.79 Å². The van der Waals surface area contributed by atoms with E-state index in [4.69, 9.17) is 5.73 Å². The molecule has 0 atom stereocenters. The molecule has 0 aliphatic heterocycles. The highest BCUT2D eigenvalue weighted by Gasteiger charge is 2.12. The van der Waals surface area contributed by atoms with Gasteiger partial charge >= 0.3 is 0 Å². The molecular formula is C14H14BrN3O. The van der Waals surface area contributed by atoms with Crippen LogP contribution in [0.1, 0.15) is 21.5 Å². The quantitative estimate of drug-likeness (QED) is 0.892. The highest BCUT2D eigenvalue weighted by molar-refractivity contribution is 9.10. The first-order valence-electron chi connectivity index (χ1n) is 5.77. The summed E-state index contributed by atoms with van der Waals surface area (Å²) in [7, 11) is 0. The van der Waals surface area contributed by atoms with Crippen molar-refractivity contribution in [3.8, 4) is 0 Å². The third-order valence-electron chi connectivity index (χ3n) is 2.83. The van der Waals surface area contributed by atoms with Gasteiger partial charge in [0.2, 0.25) is 0 Å². The van der Waals surface area contributed by atoms with E-state index < -0.39 is 0 Å². The Balaban J connectivity index is 2.26. The van der Waals surface area contributed by atoms with Gasteiger partial charge in [0.15, 0.2) is 0 Å². The van der Waals surface area contributed by atoms with Crippen LogP contribution in [0.25, 0.3) is 0 Å². The Morgan fingerprint density at radius 2 is 2.05 bits per heavy atom. The first kappa shape index (κ1) is 13.5. The predicted molar refractivity (Wildman–Crippen MR) is 80.2 cm³/mol. The molecule has 1 heterocycles. The van der Waals surface area contributed by atoms with Crippen LogP contribution in [0, 0.1) is 13.8 Å². The van der Waals surface area contributed by atoms with Gasteiger partial charge in [-0.3, -0.25) is 4.79 Å². The molecule has 1 amide bonds. The number of nitrogens with two attached hydrogens (primary N) is 1. The first-order chi connectivity index (χ1) is 8.99. The number of halogens is 1. The van der Waals surface area contributed by atoms with Gasteiger partial charge in [0.1, 0.15) is 5.82 Å². The number of nitrogen functional groups attached to an aromatic ring is 1. The maximum Gasteiger partial charge on any atom is 0.257 e. The van der Waals surface area contributed by atoms with E-state index in [1.165, 1.54) is 6.20 Å². The number of aromatic nitrogens is 1. The molecule has 1 aromatic heterocycles. The summed E-state index contributed by atoms with van der Waals surface area (Å²) in [4.78, 5) is 16.3. The van der Waals surface area contributed by atoms with Crippen LogP contribution in [0.5, 0.6) is 0 Å². The minimum absolute atomic E-state index is 0.202. The number of pyridine rings is 1. The predicted octanol–water partition coefficient (Wildman–Crippen LogP) is 3.30. The number of carbonyl (C=O) groups is 1. The van der Waals surface area contributed by atoms with Crippen molar-refractivity contribution in [1.29, 1.82) is 0 Å². The molecule has 0 saturated heterocycles. The van der Waals surface area contributed by atoms with Gasteiger partial charge in [-0.2, -0.15) is 0 Å². The third kappa shape index (κ3) is 2.93. The molecule has 1 aromatic carbocycles. The number of anilines is 2. The van der Waals surface area contributed by atoms with Gasteiger partial charge in [0, 0.05) is 4.47 Å². The van der Waals surface area contributed by atoms with E-state index in [-0.39, 0.29) is 5.91 Å². The number of benzene rings is 1. The lowest BCUT2D eigenvalue weighted by molar-refractivity contribution is 0.102. The molecule has 2 rings (SSSR count). The number of aryl methyl sites for hydroxylation is 2. The zero-order valence-corrected chi connectivity index (χ0v) is 12.3. The molecule has 0 bridgehead atoms. The number of nitrogens with zero attached hydrogens (tertiary/aromatic N) is 1. The normalized spacial score (nSPS) is 10.3. The second kappa shape index (κ2) is 5.40. The number of carbonyl (C=O) groups excluding carboxylic acids is 1. The highest BCUT2D eigenvalue weighted by atomic mass is 79.9. The Bertz CT molecular complexity index is 641. The van der Waals surface area contributed by atoms with Gasteiger partial charge in [-0.15, -0.1) is 0 Å². The monoisotopic (exact) mass is 319 g/mol. The van der Waals surface area contributed by atoms with Crippen molar-refractivity contribution in [2.45, 2.75) is 13.8 Å². The molecule has 0 aliphatic rings. The second-order valence-electron chi connectivity index (χ2n) is 4.32. The van der Waals surface area contributed by atoms with E-state index in [1.807, 2.05) is 26.0 Å². The fraction of sp³-hybridized carbons (Fsp3) is 0.143. The SMILES string of the molecule is Cc1cc(NC(=O)c2cccc(C)c2Br)ncc1N. The van der Waals surface area contributed by atoms with Crippen molar-refractivity contribution in [2.24, 2.45) is 0 Å². The van der Waals surface area contributed by atoms with Crippen LogP contribution < -0.4 is 11.1 Å². The molecule has 98 valence electrons. The maximum atomic E-state index is 12.2. The van der Waals surface area contributed by atoms with Crippen LogP contribution in [-0.4, -0.2) is 10.9 Å². The van der Waals surface area contributed by atoms with Crippen LogP contribution >= 0.6 is 15.9 Å². The van der Waals surface area contributed by atoms with Crippen molar-refractivity contribution >= 4 is 33.3 Å². The Morgan fingerprint density at radius 3 is 2.74 bits per heavy atom. The van der Waals surface area contributed by atoms with Gasteiger partial charge in [-0.05, 0) is 53.0 Å². The van der Waals surface area contributed by atoms with Crippen molar-refractivity contribution in [3.05, 3.63) is 51.6 Å². The zero-order chi connectivity index (χ0) is 14.0. The fourth-order valence-corrected chi connectivity index (χ4v) is 2.09. The van der Waals surface area contributed by atoms with Gasteiger partial charge in [-0.1, -0.05) is 12.1 Å². The van der Waals surface area contributed by atoms with Gasteiger partial charge < -0.3 is 11.1 Å². The minimum atomic E-state index is -0.202. The third-order valence-corrected chi connectivity index (χ3v) is 3.88. The maximum absolute atomic E-state index is 12.2. The summed E-state index contributed by atoms with van der Waals surface area (Å²) in [5.41, 5.74) is 8.77. The van der Waals surface area contributed by atoms with Crippen LogP contribution in [0.2, 0.25) is 0 Å². The molecular weight excluding hydrogens is 306 g/mol. The first-order valence-corrected chi connectivity index (χ1v) is 6.57. The van der Waals surface area contributed by atoms with Crippen LogP contribution in [-0.2, 0) is 0 Å². The minimum Gasteiger partial charge on any atom is -0.397 e. The highest BCUT2D eigenvalue weighted by Crippen LogP contribution is 2.22. The van der Waals surface area contributed by atoms with Gasteiger partial charge in [0.05, 0.1) is 17.4 Å². The van der Waals surface area contributed by atoms with E-state index in [2.05, 4.69) is 26.2 Å². The molecule has 3 N–H and O–H groups in total. The lowest BCUT2D eigenvalue weighted by Gasteiger charge is -2.09. The molecule has 5 heteroatoms. The topological polar surface area (TPSA) is 68.0 Å². The number of hydrogen-bond donors (Lipinski definition) is 2. The summed E-state index contributed by atoms with van der Waals surface area (Å²) in [6, 6.07) is 7.29. The lowest BCUT2D eigenvalue weighted by Crippen LogP contribution is -2.14. The molecule has 0 fully saturated rings. The Labute approximate surface area is 120 Å². The van der Waals surface area contributed by atoms with Crippen LogP contribution in [0.15, 0.2) is 34.9 Å². The van der Waals surface area contributed by atoms with E-state index in [0.717, 1.165) is 15.6 Å². The summed E-state index contributed by atoms with van der Waals surface area (Å²) in [5.74, 6) is 0.289. The lowest BCUT2D eigenvalue weighted by atomic mass is 10.1. The van der Waals surface area contributed by atoms with E-state index >= 15 is 0 Å². The molecule has 4 nitrogen and oxygen atoms in total. The molecule has 19 heavy (non-hydrogen) atoms. The zero-order valence-electron chi connectivity index (χ0n) is 10.7. The van der Waals surface area contributed by atoms with Crippen LogP contribution in [0.4, 0.5) is 11.5 Å². The second-order valence-corrected chi connectivity index (χ2v) is 5.11. The number of hydrogen-bond acceptors (Lipinski definition) is 3. The molecule has 0 radical (unpaired) electrons. The molecule has 0 spiro atoms. The number of rotatable bonds is 2. The molecule has 2 aromatic rings. The van der Waals surface area contributed by atoms with Crippen molar-refractivity contribution in [1.82, 2.24) is 4.98 Å². The Hall–Kier alpha value is -1.88. The summed E-state index contributed by atoms with van der Waals surface area (Å²) < 4.78 is 0.791. The van der Waals surface area contributed by atoms with Crippen molar-refractivity contribution in [2.75, 3.05) is 11.1 Å². The smallest absolute Gasteiger partial charge is 0.257 e.